The number of thiazole rings is 1. The van der Waals surface area contributed by atoms with E-state index < -0.39 is 23.5 Å². The van der Waals surface area contributed by atoms with Crippen LogP contribution in [0.3, 0.4) is 0 Å². The van der Waals surface area contributed by atoms with E-state index in [0.29, 0.717) is 16.3 Å². The number of rotatable bonds is 3. The first-order valence-electron chi connectivity index (χ1n) is 7.94. The van der Waals surface area contributed by atoms with Crippen LogP contribution >= 0.6 is 11.3 Å². The SMILES string of the molecule is O=C1C(=O)N(c2nccs2)C(c2ccc(F)cc2)/C1=C(\O)c1ccncc1. The molecule has 3 aromatic rings. The first kappa shape index (κ1) is 17.0. The Bertz CT molecular complexity index is 1030. The molecule has 134 valence electrons. The fourth-order valence-electron chi connectivity index (χ4n) is 2.99. The number of hydrogen-bond donors (Lipinski definition) is 1. The van der Waals surface area contributed by atoms with Gasteiger partial charge in [0.1, 0.15) is 11.6 Å². The van der Waals surface area contributed by atoms with Crippen LogP contribution in [0.4, 0.5) is 9.52 Å². The molecule has 1 unspecified atom stereocenters. The van der Waals surface area contributed by atoms with E-state index in [2.05, 4.69) is 9.97 Å². The van der Waals surface area contributed by atoms with Crippen LogP contribution in [0, 0.1) is 5.82 Å². The average Bonchev–Trinajstić information content (AvgIpc) is 3.30. The Morgan fingerprint density at radius 2 is 1.78 bits per heavy atom. The number of carbonyl (C=O) groups is 2. The Kier molecular flexibility index (Phi) is 4.25. The van der Waals surface area contributed by atoms with Gasteiger partial charge in [-0.25, -0.2) is 9.37 Å². The van der Waals surface area contributed by atoms with Crippen LogP contribution in [-0.2, 0) is 9.59 Å². The molecule has 0 spiro atoms. The lowest BCUT2D eigenvalue weighted by atomic mass is 9.95. The minimum absolute atomic E-state index is 0.0759. The lowest BCUT2D eigenvalue weighted by Gasteiger charge is -2.22. The molecule has 2 aromatic heterocycles. The number of carbonyl (C=O) groups excluding carboxylic acids is 2. The van der Waals surface area contributed by atoms with Crippen molar-refractivity contribution >= 4 is 33.9 Å². The van der Waals surface area contributed by atoms with Gasteiger partial charge >= 0.3 is 5.91 Å². The van der Waals surface area contributed by atoms with Gasteiger partial charge in [-0.05, 0) is 29.8 Å². The number of anilines is 1. The summed E-state index contributed by atoms with van der Waals surface area (Å²) >= 11 is 1.19. The summed E-state index contributed by atoms with van der Waals surface area (Å²) in [5.41, 5.74) is 0.767. The lowest BCUT2D eigenvalue weighted by molar-refractivity contribution is -0.132. The quantitative estimate of drug-likeness (QED) is 0.428. The molecule has 8 heteroatoms. The molecule has 0 aliphatic carbocycles. The van der Waals surface area contributed by atoms with E-state index in [1.165, 1.54) is 71.2 Å². The summed E-state index contributed by atoms with van der Waals surface area (Å²) in [6, 6.07) is 7.60. The van der Waals surface area contributed by atoms with Crippen molar-refractivity contribution in [3.63, 3.8) is 0 Å². The van der Waals surface area contributed by atoms with Crippen LogP contribution in [-0.4, -0.2) is 26.8 Å². The molecule has 0 saturated carbocycles. The van der Waals surface area contributed by atoms with Gasteiger partial charge < -0.3 is 5.11 Å². The summed E-state index contributed by atoms with van der Waals surface area (Å²) in [6.45, 7) is 0. The lowest BCUT2D eigenvalue weighted by Crippen LogP contribution is -2.29. The number of hydrogen-bond acceptors (Lipinski definition) is 6. The second kappa shape index (κ2) is 6.73. The number of ketones is 1. The number of aromatic nitrogens is 2. The zero-order valence-corrected chi connectivity index (χ0v) is 14.6. The van der Waals surface area contributed by atoms with Crippen molar-refractivity contribution < 1.29 is 19.1 Å². The Morgan fingerprint density at radius 3 is 2.41 bits per heavy atom. The first-order chi connectivity index (χ1) is 13.1. The third-order valence-electron chi connectivity index (χ3n) is 4.21. The number of pyridine rings is 1. The van der Waals surface area contributed by atoms with E-state index in [1.807, 2.05) is 0 Å². The summed E-state index contributed by atoms with van der Waals surface area (Å²) in [5.74, 6) is -2.38. The molecule has 1 N–H and O–H groups in total. The second-order valence-electron chi connectivity index (χ2n) is 5.77. The predicted molar refractivity (Wildman–Crippen MR) is 97.5 cm³/mol. The molecule has 1 aromatic carbocycles. The minimum Gasteiger partial charge on any atom is -0.507 e. The van der Waals surface area contributed by atoms with E-state index >= 15 is 0 Å². The molecule has 1 aliphatic rings. The summed E-state index contributed by atoms with van der Waals surface area (Å²) in [4.78, 5) is 34.7. The van der Waals surface area contributed by atoms with Crippen molar-refractivity contribution in [1.29, 1.82) is 0 Å². The van der Waals surface area contributed by atoms with E-state index in [1.54, 1.807) is 5.38 Å². The van der Waals surface area contributed by atoms with Gasteiger partial charge in [0.2, 0.25) is 0 Å². The molecule has 1 atom stereocenters. The fourth-order valence-corrected chi connectivity index (χ4v) is 3.66. The number of halogens is 1. The molecule has 1 amide bonds. The van der Waals surface area contributed by atoms with Gasteiger partial charge in [-0.2, -0.15) is 0 Å². The third-order valence-corrected chi connectivity index (χ3v) is 4.98. The molecule has 0 radical (unpaired) electrons. The maximum absolute atomic E-state index is 13.4. The molecule has 27 heavy (non-hydrogen) atoms. The minimum atomic E-state index is -0.912. The van der Waals surface area contributed by atoms with Gasteiger partial charge in [-0.3, -0.25) is 19.5 Å². The third kappa shape index (κ3) is 2.89. The van der Waals surface area contributed by atoms with E-state index in [0.717, 1.165) is 0 Å². The number of benzene rings is 1. The molecule has 1 aliphatic heterocycles. The average molecular weight is 381 g/mol. The predicted octanol–water partition coefficient (Wildman–Crippen LogP) is 3.30. The zero-order valence-electron chi connectivity index (χ0n) is 13.7. The molecular weight excluding hydrogens is 369 g/mol. The Hall–Kier alpha value is -3.39. The van der Waals surface area contributed by atoms with Crippen LogP contribution in [0.2, 0.25) is 0 Å². The van der Waals surface area contributed by atoms with Crippen LogP contribution in [0.1, 0.15) is 17.2 Å². The zero-order chi connectivity index (χ0) is 19.0. The largest absolute Gasteiger partial charge is 0.507 e. The van der Waals surface area contributed by atoms with Gasteiger partial charge in [0.05, 0.1) is 11.6 Å². The Morgan fingerprint density at radius 1 is 1.07 bits per heavy atom. The van der Waals surface area contributed by atoms with Crippen molar-refractivity contribution in [2.24, 2.45) is 0 Å². The van der Waals surface area contributed by atoms with Crippen molar-refractivity contribution in [2.75, 3.05) is 4.90 Å². The molecule has 4 rings (SSSR count). The van der Waals surface area contributed by atoms with Gasteiger partial charge in [-0.15, -0.1) is 11.3 Å². The van der Waals surface area contributed by atoms with Crippen LogP contribution in [0.25, 0.3) is 5.76 Å². The maximum atomic E-state index is 13.4. The van der Waals surface area contributed by atoms with Crippen molar-refractivity contribution in [3.05, 3.63) is 82.9 Å². The fraction of sp³-hybridized carbons (Fsp3) is 0.0526. The highest BCUT2D eigenvalue weighted by molar-refractivity contribution is 7.14. The van der Waals surface area contributed by atoms with Crippen LogP contribution in [0.15, 0.2) is 65.9 Å². The van der Waals surface area contributed by atoms with Crippen LogP contribution in [0.5, 0.6) is 0 Å². The Balaban J connectivity index is 1.94. The van der Waals surface area contributed by atoms with Crippen LogP contribution < -0.4 is 4.90 Å². The van der Waals surface area contributed by atoms with Crippen molar-refractivity contribution in [3.8, 4) is 0 Å². The highest BCUT2D eigenvalue weighted by Gasteiger charge is 2.47. The van der Waals surface area contributed by atoms with E-state index in [-0.39, 0.29) is 11.3 Å². The molecule has 3 heterocycles. The molecule has 1 fully saturated rings. The van der Waals surface area contributed by atoms with Gasteiger partial charge in [-0.1, -0.05) is 12.1 Å². The monoisotopic (exact) mass is 381 g/mol. The summed E-state index contributed by atoms with van der Waals surface area (Å²) in [5, 5.41) is 12.8. The number of aliphatic hydroxyl groups is 1. The number of nitrogens with zero attached hydrogens (tertiary/aromatic N) is 3. The summed E-state index contributed by atoms with van der Waals surface area (Å²) in [6.07, 6.45) is 4.46. The smallest absolute Gasteiger partial charge is 0.301 e. The normalized spacial score (nSPS) is 18.9. The summed E-state index contributed by atoms with van der Waals surface area (Å²) < 4.78 is 13.4. The number of aliphatic hydroxyl groups excluding tert-OH is 1. The van der Waals surface area contributed by atoms with E-state index in [4.69, 9.17) is 0 Å². The molecule has 0 bridgehead atoms. The standard InChI is InChI=1S/C19H12FN3O3S/c20-13-3-1-11(2-4-13)15-14(16(24)12-5-7-21-8-6-12)17(25)18(26)23(15)19-22-9-10-27-19/h1-10,15,24H/b16-14+. The first-order valence-corrected chi connectivity index (χ1v) is 8.82. The highest BCUT2D eigenvalue weighted by Crippen LogP contribution is 2.42. The highest BCUT2D eigenvalue weighted by atomic mass is 32.1. The summed E-state index contributed by atoms with van der Waals surface area (Å²) in [7, 11) is 0. The topological polar surface area (TPSA) is 83.4 Å². The second-order valence-corrected chi connectivity index (χ2v) is 6.64. The van der Waals surface area contributed by atoms with Gasteiger partial charge in [0.25, 0.3) is 5.78 Å². The van der Waals surface area contributed by atoms with Gasteiger partial charge in [0, 0.05) is 29.5 Å². The number of amides is 1. The van der Waals surface area contributed by atoms with Crippen molar-refractivity contribution in [2.45, 2.75) is 6.04 Å². The van der Waals surface area contributed by atoms with E-state index in [9.17, 15) is 19.1 Å². The number of Topliss-reactive ketones (excluding diaryl/α,β-unsaturated/α-hetero) is 1. The molecular formula is C19H12FN3O3S. The van der Waals surface area contributed by atoms with Gasteiger partial charge in [0.15, 0.2) is 5.13 Å². The Labute approximate surface area is 157 Å². The molecule has 1 saturated heterocycles. The van der Waals surface area contributed by atoms with Crippen molar-refractivity contribution in [1.82, 2.24) is 9.97 Å². The maximum Gasteiger partial charge on any atom is 0.301 e. The molecule has 6 nitrogen and oxygen atoms in total.